The summed E-state index contributed by atoms with van der Waals surface area (Å²) in [4.78, 5) is 0. The Morgan fingerprint density at radius 3 is 2.53 bits per heavy atom. The Balaban J connectivity index is 2.23. The van der Waals surface area contributed by atoms with Crippen LogP contribution in [0.15, 0.2) is 40.9 Å². The first-order valence-corrected chi connectivity index (χ1v) is 7.16. The van der Waals surface area contributed by atoms with Gasteiger partial charge >= 0.3 is 0 Å². The molecule has 2 aromatic rings. The molecule has 0 bridgehead atoms. The molecule has 1 nitrogen and oxygen atoms in total. The molecule has 0 fully saturated rings. The van der Waals surface area contributed by atoms with Crippen molar-refractivity contribution in [3.63, 3.8) is 0 Å². The Morgan fingerprint density at radius 1 is 1.16 bits per heavy atom. The largest absolute Gasteiger partial charge is 0.324 e. The maximum absolute atomic E-state index is 13.8. The van der Waals surface area contributed by atoms with Crippen molar-refractivity contribution in [1.82, 2.24) is 0 Å². The van der Waals surface area contributed by atoms with E-state index < -0.39 is 0 Å². The molecule has 0 spiro atoms. The highest BCUT2D eigenvalue weighted by Crippen LogP contribution is 2.28. The normalized spacial score (nSPS) is 12.5. The highest BCUT2D eigenvalue weighted by Gasteiger charge is 2.13. The van der Waals surface area contributed by atoms with Crippen molar-refractivity contribution >= 4 is 39.1 Å². The zero-order valence-electron chi connectivity index (χ0n) is 9.84. The number of hydrogen-bond donors (Lipinski definition) is 1. The van der Waals surface area contributed by atoms with Crippen LogP contribution in [0.25, 0.3) is 0 Å². The lowest BCUT2D eigenvalue weighted by molar-refractivity contribution is 0.592. The molecule has 0 saturated carbocycles. The molecule has 0 aromatic heterocycles. The van der Waals surface area contributed by atoms with E-state index in [1.165, 1.54) is 6.07 Å². The monoisotopic (exact) mass is 361 g/mol. The number of nitrogens with two attached hydrogens (primary N) is 1. The average molecular weight is 363 g/mol. The molecule has 0 saturated heterocycles. The van der Waals surface area contributed by atoms with Crippen LogP contribution in [0.4, 0.5) is 4.39 Å². The Morgan fingerprint density at radius 2 is 1.89 bits per heavy atom. The first-order valence-electron chi connectivity index (χ1n) is 5.62. The Kier molecular flexibility index (Phi) is 4.85. The molecule has 0 amide bonds. The lowest BCUT2D eigenvalue weighted by atomic mass is 9.99. The molecule has 1 unspecified atom stereocenters. The predicted octanol–water partition coefficient (Wildman–Crippen LogP) is 5.14. The van der Waals surface area contributed by atoms with Gasteiger partial charge in [0.1, 0.15) is 5.82 Å². The molecule has 0 aliphatic rings. The van der Waals surface area contributed by atoms with Crippen LogP contribution in [-0.4, -0.2) is 0 Å². The molecule has 100 valence electrons. The highest BCUT2D eigenvalue weighted by atomic mass is 79.9. The summed E-state index contributed by atoms with van der Waals surface area (Å²) in [5, 5.41) is 1.05. The van der Waals surface area contributed by atoms with Gasteiger partial charge in [-0.05, 0) is 41.8 Å². The van der Waals surface area contributed by atoms with E-state index in [0.717, 1.165) is 5.56 Å². The van der Waals surface area contributed by atoms with Crippen molar-refractivity contribution in [1.29, 1.82) is 0 Å². The summed E-state index contributed by atoms with van der Waals surface area (Å²) >= 11 is 15.1. The summed E-state index contributed by atoms with van der Waals surface area (Å²) in [6.45, 7) is 0. The molecule has 0 radical (unpaired) electrons. The molecule has 0 aliphatic heterocycles. The van der Waals surface area contributed by atoms with Crippen LogP contribution in [0.5, 0.6) is 0 Å². The van der Waals surface area contributed by atoms with Crippen molar-refractivity contribution < 1.29 is 4.39 Å². The van der Waals surface area contributed by atoms with E-state index in [9.17, 15) is 4.39 Å². The van der Waals surface area contributed by atoms with Crippen LogP contribution in [0.2, 0.25) is 10.0 Å². The van der Waals surface area contributed by atoms with Gasteiger partial charge in [0.2, 0.25) is 0 Å². The van der Waals surface area contributed by atoms with E-state index in [4.69, 9.17) is 28.9 Å². The first-order chi connectivity index (χ1) is 8.97. The fourth-order valence-corrected chi connectivity index (χ4v) is 2.72. The van der Waals surface area contributed by atoms with Crippen molar-refractivity contribution in [3.05, 3.63) is 67.9 Å². The Hall–Kier alpha value is -0.610. The summed E-state index contributed by atoms with van der Waals surface area (Å²) in [5.41, 5.74) is 7.39. The number of halogens is 4. The fraction of sp³-hybridized carbons (Fsp3) is 0.143. The van der Waals surface area contributed by atoms with Gasteiger partial charge in [-0.3, -0.25) is 0 Å². The lowest BCUT2D eigenvalue weighted by Crippen LogP contribution is -2.14. The van der Waals surface area contributed by atoms with Gasteiger partial charge in [0.15, 0.2) is 0 Å². The molecule has 1 atom stereocenters. The second kappa shape index (κ2) is 6.23. The van der Waals surface area contributed by atoms with Gasteiger partial charge < -0.3 is 5.73 Å². The van der Waals surface area contributed by atoms with Crippen LogP contribution in [-0.2, 0) is 6.42 Å². The van der Waals surface area contributed by atoms with Gasteiger partial charge in [-0.25, -0.2) is 4.39 Å². The summed E-state index contributed by atoms with van der Waals surface area (Å²) in [6.07, 6.45) is 0.375. The third kappa shape index (κ3) is 3.69. The average Bonchev–Trinajstić information content (AvgIpc) is 2.32. The van der Waals surface area contributed by atoms with Gasteiger partial charge in [0.05, 0.1) is 0 Å². The first kappa shape index (κ1) is 14.8. The predicted molar refractivity (Wildman–Crippen MR) is 81.2 cm³/mol. The molecule has 19 heavy (non-hydrogen) atoms. The molecule has 2 N–H and O–H groups in total. The van der Waals surface area contributed by atoms with Gasteiger partial charge in [-0.1, -0.05) is 51.3 Å². The van der Waals surface area contributed by atoms with Crippen LogP contribution < -0.4 is 5.73 Å². The number of benzene rings is 2. The van der Waals surface area contributed by atoms with E-state index in [1.807, 2.05) is 0 Å². The summed E-state index contributed by atoms with van der Waals surface area (Å²) in [6, 6.07) is 9.67. The maximum atomic E-state index is 13.8. The molecule has 0 aliphatic carbocycles. The molecular weight excluding hydrogens is 352 g/mol. The molecule has 2 aromatic carbocycles. The highest BCUT2D eigenvalue weighted by molar-refractivity contribution is 9.10. The van der Waals surface area contributed by atoms with Crippen LogP contribution in [0.3, 0.4) is 0 Å². The van der Waals surface area contributed by atoms with Gasteiger partial charge in [-0.2, -0.15) is 0 Å². The van der Waals surface area contributed by atoms with Crippen LogP contribution in [0, 0.1) is 5.82 Å². The van der Waals surface area contributed by atoms with Gasteiger partial charge in [0, 0.05) is 20.6 Å². The van der Waals surface area contributed by atoms with Crippen LogP contribution >= 0.6 is 39.1 Å². The maximum Gasteiger partial charge on any atom is 0.127 e. The smallest absolute Gasteiger partial charge is 0.127 e. The molecule has 5 heteroatoms. The van der Waals surface area contributed by atoms with Crippen molar-refractivity contribution in [3.8, 4) is 0 Å². The summed E-state index contributed by atoms with van der Waals surface area (Å²) < 4.78 is 14.5. The zero-order valence-corrected chi connectivity index (χ0v) is 12.9. The zero-order chi connectivity index (χ0) is 14.0. The van der Waals surface area contributed by atoms with Gasteiger partial charge in [0.25, 0.3) is 0 Å². The minimum Gasteiger partial charge on any atom is -0.324 e. The SMILES string of the molecule is NC(Cc1ccc(Br)cc1F)c1ccc(Cl)cc1Cl. The molecule has 0 heterocycles. The lowest BCUT2D eigenvalue weighted by Gasteiger charge is -2.14. The van der Waals surface area contributed by atoms with Crippen LogP contribution in [0.1, 0.15) is 17.2 Å². The number of hydrogen-bond acceptors (Lipinski definition) is 1. The van der Waals surface area contributed by atoms with Crippen molar-refractivity contribution in [2.75, 3.05) is 0 Å². The van der Waals surface area contributed by atoms with E-state index in [0.29, 0.717) is 26.5 Å². The quantitative estimate of drug-likeness (QED) is 0.803. The van der Waals surface area contributed by atoms with Gasteiger partial charge in [-0.15, -0.1) is 0 Å². The van der Waals surface area contributed by atoms with E-state index >= 15 is 0 Å². The van der Waals surface area contributed by atoms with E-state index in [-0.39, 0.29) is 11.9 Å². The second-order valence-corrected chi connectivity index (χ2v) is 5.97. The summed E-state index contributed by atoms with van der Waals surface area (Å²) in [7, 11) is 0. The standard InChI is InChI=1S/C14H11BrCl2FN/c15-9-2-1-8(13(18)6-9)5-14(19)11-4-3-10(16)7-12(11)17/h1-4,6-7,14H,5,19H2. The molecule has 2 rings (SSSR count). The minimum absolute atomic E-state index is 0.282. The third-order valence-corrected chi connectivity index (χ3v) is 3.87. The second-order valence-electron chi connectivity index (χ2n) is 4.21. The summed E-state index contributed by atoms with van der Waals surface area (Å²) in [5.74, 6) is -0.282. The minimum atomic E-state index is -0.375. The molecular formula is C14H11BrCl2FN. The Bertz CT molecular complexity index is 604. The topological polar surface area (TPSA) is 26.0 Å². The number of rotatable bonds is 3. The Labute approximate surface area is 129 Å². The third-order valence-electron chi connectivity index (χ3n) is 2.82. The van der Waals surface area contributed by atoms with E-state index in [1.54, 1.807) is 30.3 Å². The fourth-order valence-electron chi connectivity index (χ4n) is 1.84. The van der Waals surface area contributed by atoms with Crippen molar-refractivity contribution in [2.24, 2.45) is 5.73 Å². The van der Waals surface area contributed by atoms with Crippen molar-refractivity contribution in [2.45, 2.75) is 12.5 Å². The van der Waals surface area contributed by atoms with E-state index in [2.05, 4.69) is 15.9 Å².